The van der Waals surface area contributed by atoms with Crippen LogP contribution in [0.5, 0.6) is 5.75 Å². The molecular formula is C6H4BNO3. The van der Waals surface area contributed by atoms with Gasteiger partial charge >= 0.3 is 5.69 Å². The molecular weight excluding hydrogens is 145 g/mol. The summed E-state index contributed by atoms with van der Waals surface area (Å²) in [5.41, 5.74) is -0.0349. The van der Waals surface area contributed by atoms with Crippen LogP contribution < -0.4 is 5.46 Å². The molecule has 5 heteroatoms. The lowest BCUT2D eigenvalue weighted by molar-refractivity contribution is -0.385. The van der Waals surface area contributed by atoms with Gasteiger partial charge in [0.2, 0.25) is 0 Å². The van der Waals surface area contributed by atoms with E-state index in [0.29, 0.717) is 5.46 Å². The number of hydrogen-bond acceptors (Lipinski definition) is 3. The Labute approximate surface area is 64.0 Å². The fourth-order valence-electron chi connectivity index (χ4n) is 0.695. The van der Waals surface area contributed by atoms with Gasteiger partial charge in [-0.1, -0.05) is 11.5 Å². The number of nitro groups is 1. The Hall–Kier alpha value is -1.52. The molecule has 0 amide bonds. The van der Waals surface area contributed by atoms with Crippen molar-refractivity contribution in [3.8, 4) is 5.75 Å². The van der Waals surface area contributed by atoms with E-state index in [2.05, 4.69) is 0 Å². The smallest absolute Gasteiger partial charge is 0.310 e. The van der Waals surface area contributed by atoms with Crippen molar-refractivity contribution in [1.29, 1.82) is 0 Å². The molecule has 1 rings (SSSR count). The Kier molecular flexibility index (Phi) is 1.80. The van der Waals surface area contributed by atoms with Crippen LogP contribution in [0.3, 0.4) is 0 Å². The first-order chi connectivity index (χ1) is 5.11. The minimum Gasteiger partial charge on any atom is -0.502 e. The Morgan fingerprint density at radius 3 is 2.64 bits per heavy atom. The molecule has 0 unspecified atom stereocenters. The van der Waals surface area contributed by atoms with Crippen LogP contribution in [0.15, 0.2) is 18.2 Å². The fourth-order valence-corrected chi connectivity index (χ4v) is 0.695. The SMILES string of the molecule is [B]c1ccc([N+](=O)[O-])c(O)c1. The molecule has 0 aliphatic rings. The average Bonchev–Trinajstić information content (AvgIpc) is 1.85. The zero-order valence-corrected chi connectivity index (χ0v) is 5.52. The van der Waals surface area contributed by atoms with Crippen LogP contribution in [0.1, 0.15) is 0 Å². The van der Waals surface area contributed by atoms with E-state index in [-0.39, 0.29) is 5.69 Å². The molecule has 11 heavy (non-hydrogen) atoms. The molecule has 0 heterocycles. The predicted octanol–water partition coefficient (Wildman–Crippen LogP) is 0.0942. The maximum absolute atomic E-state index is 10.1. The van der Waals surface area contributed by atoms with Crippen molar-refractivity contribution >= 4 is 19.0 Å². The fraction of sp³-hybridized carbons (Fsp3) is 0. The van der Waals surface area contributed by atoms with Crippen molar-refractivity contribution in [2.75, 3.05) is 0 Å². The van der Waals surface area contributed by atoms with Gasteiger partial charge in [0.1, 0.15) is 7.85 Å². The third kappa shape index (κ3) is 1.49. The van der Waals surface area contributed by atoms with Crippen molar-refractivity contribution in [3.05, 3.63) is 28.3 Å². The van der Waals surface area contributed by atoms with E-state index in [1.165, 1.54) is 6.07 Å². The van der Waals surface area contributed by atoms with Gasteiger partial charge in [-0.3, -0.25) is 10.1 Å². The minimum absolute atomic E-state index is 0.299. The number of rotatable bonds is 1. The lowest BCUT2D eigenvalue weighted by atomic mass is 9.96. The average molecular weight is 149 g/mol. The summed E-state index contributed by atoms with van der Waals surface area (Å²) in [6, 6.07) is 3.65. The molecule has 0 fully saturated rings. The first-order valence-corrected chi connectivity index (χ1v) is 2.84. The van der Waals surface area contributed by atoms with Gasteiger partial charge in [-0.25, -0.2) is 0 Å². The molecule has 54 valence electrons. The summed E-state index contributed by atoms with van der Waals surface area (Å²) in [6.45, 7) is 0. The van der Waals surface area contributed by atoms with Crippen LogP contribution in [-0.2, 0) is 0 Å². The normalized spacial score (nSPS) is 9.45. The summed E-state index contributed by atoms with van der Waals surface area (Å²) in [4.78, 5) is 9.47. The number of phenolic OH excluding ortho intramolecular Hbond substituents is 1. The molecule has 0 saturated heterocycles. The highest BCUT2D eigenvalue weighted by atomic mass is 16.6. The van der Waals surface area contributed by atoms with Crippen LogP contribution in [0.25, 0.3) is 0 Å². The van der Waals surface area contributed by atoms with Gasteiger partial charge in [-0.05, 0) is 6.07 Å². The van der Waals surface area contributed by atoms with Gasteiger partial charge in [0.05, 0.1) is 4.92 Å². The molecule has 4 nitrogen and oxygen atoms in total. The zero-order chi connectivity index (χ0) is 8.43. The predicted molar refractivity (Wildman–Crippen MR) is 40.1 cm³/mol. The van der Waals surface area contributed by atoms with E-state index in [4.69, 9.17) is 13.0 Å². The summed E-state index contributed by atoms with van der Waals surface area (Å²) >= 11 is 0. The number of aromatic hydroxyl groups is 1. The Morgan fingerprint density at radius 1 is 1.55 bits per heavy atom. The van der Waals surface area contributed by atoms with Gasteiger partial charge in [-0.15, -0.1) is 0 Å². The highest BCUT2D eigenvalue weighted by Gasteiger charge is 2.10. The Balaban J connectivity index is 3.20. The Morgan fingerprint density at radius 2 is 2.18 bits per heavy atom. The second-order valence-electron chi connectivity index (χ2n) is 2.01. The molecule has 1 aromatic carbocycles. The first-order valence-electron chi connectivity index (χ1n) is 2.84. The first kappa shape index (κ1) is 7.59. The number of nitro benzene ring substituents is 1. The number of phenols is 1. The van der Waals surface area contributed by atoms with Gasteiger partial charge < -0.3 is 5.11 Å². The van der Waals surface area contributed by atoms with Crippen molar-refractivity contribution in [3.63, 3.8) is 0 Å². The van der Waals surface area contributed by atoms with E-state index in [1.54, 1.807) is 0 Å². The van der Waals surface area contributed by atoms with Crippen molar-refractivity contribution in [2.45, 2.75) is 0 Å². The van der Waals surface area contributed by atoms with Crippen LogP contribution >= 0.6 is 0 Å². The number of hydrogen-bond donors (Lipinski definition) is 1. The molecule has 0 aliphatic heterocycles. The maximum Gasteiger partial charge on any atom is 0.310 e. The molecule has 2 radical (unpaired) electrons. The third-order valence-electron chi connectivity index (χ3n) is 1.20. The second-order valence-corrected chi connectivity index (χ2v) is 2.01. The molecule has 1 N–H and O–H groups in total. The van der Waals surface area contributed by atoms with Crippen molar-refractivity contribution < 1.29 is 10.0 Å². The molecule has 0 spiro atoms. The highest BCUT2D eigenvalue weighted by Crippen LogP contribution is 2.22. The van der Waals surface area contributed by atoms with Crippen molar-refractivity contribution in [2.24, 2.45) is 0 Å². The molecule has 0 saturated carbocycles. The summed E-state index contributed by atoms with van der Waals surface area (Å²) in [5.74, 6) is -0.407. The van der Waals surface area contributed by atoms with Gasteiger partial charge in [0.15, 0.2) is 5.75 Å². The summed E-state index contributed by atoms with van der Waals surface area (Å²) in [7, 11) is 5.25. The van der Waals surface area contributed by atoms with Crippen LogP contribution in [0.2, 0.25) is 0 Å². The van der Waals surface area contributed by atoms with E-state index in [1.807, 2.05) is 0 Å². The van der Waals surface area contributed by atoms with Gasteiger partial charge in [0, 0.05) is 6.07 Å². The van der Waals surface area contributed by atoms with Crippen LogP contribution in [0, 0.1) is 10.1 Å². The van der Waals surface area contributed by atoms with E-state index in [0.717, 1.165) is 12.1 Å². The molecule has 1 aromatic rings. The van der Waals surface area contributed by atoms with E-state index < -0.39 is 10.7 Å². The maximum atomic E-state index is 10.1. The third-order valence-corrected chi connectivity index (χ3v) is 1.20. The molecule has 0 aliphatic carbocycles. The van der Waals surface area contributed by atoms with Crippen molar-refractivity contribution in [1.82, 2.24) is 0 Å². The zero-order valence-electron chi connectivity index (χ0n) is 5.52. The summed E-state index contributed by atoms with van der Waals surface area (Å²) in [6.07, 6.45) is 0. The summed E-state index contributed by atoms with van der Waals surface area (Å²) < 4.78 is 0. The number of benzene rings is 1. The lowest BCUT2D eigenvalue weighted by Crippen LogP contribution is -2.01. The highest BCUT2D eigenvalue weighted by molar-refractivity contribution is 6.32. The minimum atomic E-state index is -0.672. The molecule has 0 atom stereocenters. The largest absolute Gasteiger partial charge is 0.502 e. The standard InChI is InChI=1S/C6H4BNO3/c7-4-1-2-5(8(10)11)6(9)3-4/h1-3,9H. The topological polar surface area (TPSA) is 63.4 Å². The quantitative estimate of drug-likeness (QED) is 0.349. The second kappa shape index (κ2) is 2.61. The Bertz CT molecular complexity index is 300. The van der Waals surface area contributed by atoms with E-state index in [9.17, 15) is 10.1 Å². The monoisotopic (exact) mass is 149 g/mol. The van der Waals surface area contributed by atoms with E-state index >= 15 is 0 Å². The van der Waals surface area contributed by atoms with Gasteiger partial charge in [0.25, 0.3) is 0 Å². The molecule has 0 aromatic heterocycles. The van der Waals surface area contributed by atoms with Crippen LogP contribution in [-0.4, -0.2) is 17.9 Å². The summed E-state index contributed by atoms with van der Waals surface area (Å²) in [5, 5.41) is 19.1. The number of nitrogens with zero attached hydrogens (tertiary/aromatic N) is 1. The lowest BCUT2D eigenvalue weighted by Gasteiger charge is -1.95. The molecule has 0 bridgehead atoms. The van der Waals surface area contributed by atoms with Gasteiger partial charge in [-0.2, -0.15) is 0 Å². The van der Waals surface area contributed by atoms with Crippen LogP contribution in [0.4, 0.5) is 5.69 Å².